The molecule has 2 amide bonds. The molecule has 0 spiro atoms. The quantitative estimate of drug-likeness (QED) is 0.588. The fourth-order valence-corrected chi connectivity index (χ4v) is 3.25. The standard InChI is InChI=1S/C19H17ClFN3O4/c20-16-10-15(24(27)28)5-6-17(16)22-19(26)13-9-18(25)23(11-13)8-7-12-1-3-14(21)4-2-12/h1-6,10,13H,7-9,11H2,(H,22,26). The lowest BCUT2D eigenvalue weighted by Crippen LogP contribution is -2.30. The second-order valence-corrected chi connectivity index (χ2v) is 6.93. The monoisotopic (exact) mass is 405 g/mol. The lowest BCUT2D eigenvalue weighted by atomic mass is 10.1. The van der Waals surface area contributed by atoms with Gasteiger partial charge < -0.3 is 10.2 Å². The number of non-ortho nitro benzene ring substituents is 1. The van der Waals surface area contributed by atoms with Gasteiger partial charge in [0.05, 0.1) is 21.6 Å². The Bertz CT molecular complexity index is 920. The number of nitrogens with zero attached hydrogens (tertiary/aromatic N) is 2. The molecular weight excluding hydrogens is 389 g/mol. The molecule has 146 valence electrons. The fraction of sp³-hybridized carbons (Fsp3) is 0.263. The van der Waals surface area contributed by atoms with Crippen molar-refractivity contribution in [3.8, 4) is 0 Å². The molecule has 3 rings (SSSR count). The van der Waals surface area contributed by atoms with E-state index in [0.717, 1.165) is 11.6 Å². The third-order valence-electron chi connectivity index (χ3n) is 4.59. The van der Waals surface area contributed by atoms with E-state index in [1.165, 1.54) is 24.3 Å². The van der Waals surface area contributed by atoms with Crippen molar-refractivity contribution in [3.05, 3.63) is 69.0 Å². The van der Waals surface area contributed by atoms with E-state index in [-0.39, 0.29) is 47.0 Å². The van der Waals surface area contributed by atoms with Crippen LogP contribution in [0.15, 0.2) is 42.5 Å². The summed E-state index contributed by atoms with van der Waals surface area (Å²) >= 11 is 5.99. The van der Waals surface area contributed by atoms with Gasteiger partial charge in [-0.15, -0.1) is 0 Å². The minimum Gasteiger partial charge on any atom is -0.342 e. The average Bonchev–Trinajstić information content (AvgIpc) is 3.03. The van der Waals surface area contributed by atoms with Crippen LogP contribution in [0.4, 0.5) is 15.8 Å². The van der Waals surface area contributed by atoms with Crippen molar-refractivity contribution in [2.75, 3.05) is 18.4 Å². The minimum absolute atomic E-state index is 0.0556. The number of carbonyl (C=O) groups excluding carboxylic acids is 2. The van der Waals surface area contributed by atoms with Crippen LogP contribution in [0.1, 0.15) is 12.0 Å². The number of hydrogen-bond donors (Lipinski definition) is 1. The first-order valence-corrected chi connectivity index (χ1v) is 8.98. The van der Waals surface area contributed by atoms with Crippen LogP contribution in [-0.4, -0.2) is 34.7 Å². The van der Waals surface area contributed by atoms with Gasteiger partial charge in [0.2, 0.25) is 11.8 Å². The van der Waals surface area contributed by atoms with E-state index in [2.05, 4.69) is 5.32 Å². The summed E-state index contributed by atoms with van der Waals surface area (Å²) in [5.41, 5.74) is 0.986. The van der Waals surface area contributed by atoms with Crippen molar-refractivity contribution in [2.45, 2.75) is 12.8 Å². The molecule has 1 fully saturated rings. The van der Waals surface area contributed by atoms with Crippen LogP contribution in [0.25, 0.3) is 0 Å². The number of nitrogens with one attached hydrogen (secondary N) is 1. The molecule has 0 saturated carbocycles. The highest BCUT2D eigenvalue weighted by molar-refractivity contribution is 6.34. The summed E-state index contributed by atoms with van der Waals surface area (Å²) in [5.74, 6) is -1.35. The zero-order valence-electron chi connectivity index (χ0n) is 14.7. The molecule has 1 heterocycles. The SMILES string of the molecule is O=C(Nc1ccc([N+](=O)[O-])cc1Cl)C1CC(=O)N(CCc2ccc(F)cc2)C1. The molecule has 1 saturated heterocycles. The molecule has 0 aromatic heterocycles. The first-order valence-electron chi connectivity index (χ1n) is 8.60. The molecule has 2 aromatic rings. The summed E-state index contributed by atoms with van der Waals surface area (Å²) in [7, 11) is 0. The van der Waals surface area contributed by atoms with Gasteiger partial charge in [-0.05, 0) is 30.2 Å². The molecule has 0 aliphatic carbocycles. The summed E-state index contributed by atoms with van der Waals surface area (Å²) in [6, 6.07) is 9.83. The molecular formula is C19H17ClFN3O4. The Morgan fingerprint density at radius 1 is 1.29 bits per heavy atom. The molecule has 7 nitrogen and oxygen atoms in total. The topological polar surface area (TPSA) is 92.5 Å². The number of likely N-dealkylation sites (tertiary alicyclic amines) is 1. The summed E-state index contributed by atoms with van der Waals surface area (Å²) in [4.78, 5) is 36.4. The number of carbonyl (C=O) groups is 2. The summed E-state index contributed by atoms with van der Waals surface area (Å²) in [6.07, 6.45) is 0.647. The van der Waals surface area contributed by atoms with Crippen molar-refractivity contribution in [1.82, 2.24) is 4.90 Å². The lowest BCUT2D eigenvalue weighted by molar-refractivity contribution is -0.384. The van der Waals surface area contributed by atoms with E-state index in [4.69, 9.17) is 11.6 Å². The zero-order chi connectivity index (χ0) is 20.3. The zero-order valence-corrected chi connectivity index (χ0v) is 15.5. The van der Waals surface area contributed by atoms with Gasteiger partial charge in [-0.25, -0.2) is 4.39 Å². The van der Waals surface area contributed by atoms with Crippen molar-refractivity contribution >= 4 is 34.8 Å². The van der Waals surface area contributed by atoms with E-state index < -0.39 is 10.8 Å². The molecule has 1 atom stereocenters. The summed E-state index contributed by atoms with van der Waals surface area (Å²) in [5, 5.41) is 13.4. The van der Waals surface area contributed by atoms with Gasteiger partial charge in [0, 0.05) is 31.6 Å². The van der Waals surface area contributed by atoms with Gasteiger partial charge in [-0.1, -0.05) is 23.7 Å². The van der Waals surface area contributed by atoms with E-state index >= 15 is 0 Å². The molecule has 0 radical (unpaired) electrons. The molecule has 1 aliphatic heterocycles. The lowest BCUT2D eigenvalue weighted by Gasteiger charge is -2.16. The Morgan fingerprint density at radius 2 is 2.00 bits per heavy atom. The van der Waals surface area contributed by atoms with Gasteiger partial charge in [-0.2, -0.15) is 0 Å². The molecule has 9 heteroatoms. The van der Waals surface area contributed by atoms with Gasteiger partial charge in [0.1, 0.15) is 5.82 Å². The van der Waals surface area contributed by atoms with Gasteiger partial charge in [0.25, 0.3) is 5.69 Å². The summed E-state index contributed by atoms with van der Waals surface area (Å²) in [6.45, 7) is 0.711. The Balaban J connectivity index is 1.57. The van der Waals surface area contributed by atoms with Crippen LogP contribution in [0.3, 0.4) is 0 Å². The van der Waals surface area contributed by atoms with E-state index in [9.17, 15) is 24.1 Å². The van der Waals surface area contributed by atoms with Crippen molar-refractivity contribution < 1.29 is 18.9 Å². The van der Waals surface area contributed by atoms with Crippen LogP contribution in [0, 0.1) is 21.8 Å². The molecule has 28 heavy (non-hydrogen) atoms. The van der Waals surface area contributed by atoms with Crippen LogP contribution in [0.2, 0.25) is 5.02 Å². The van der Waals surface area contributed by atoms with Crippen LogP contribution < -0.4 is 5.32 Å². The number of rotatable bonds is 6. The Hall–Kier alpha value is -3.00. The van der Waals surface area contributed by atoms with Crippen LogP contribution in [0.5, 0.6) is 0 Å². The smallest absolute Gasteiger partial charge is 0.271 e. The maximum atomic E-state index is 12.9. The van der Waals surface area contributed by atoms with Crippen molar-refractivity contribution in [1.29, 1.82) is 0 Å². The Kier molecular flexibility index (Phi) is 5.89. The highest BCUT2D eigenvalue weighted by Crippen LogP contribution is 2.28. The first-order chi connectivity index (χ1) is 13.3. The van der Waals surface area contributed by atoms with Gasteiger partial charge in [0.15, 0.2) is 0 Å². The van der Waals surface area contributed by atoms with Crippen molar-refractivity contribution in [3.63, 3.8) is 0 Å². The number of benzene rings is 2. The van der Waals surface area contributed by atoms with Gasteiger partial charge in [-0.3, -0.25) is 19.7 Å². The molecule has 1 N–H and O–H groups in total. The number of hydrogen-bond acceptors (Lipinski definition) is 4. The Morgan fingerprint density at radius 3 is 2.64 bits per heavy atom. The first kappa shape index (κ1) is 19.8. The number of anilines is 1. The molecule has 1 unspecified atom stereocenters. The summed E-state index contributed by atoms with van der Waals surface area (Å²) < 4.78 is 12.9. The van der Waals surface area contributed by atoms with Crippen molar-refractivity contribution in [2.24, 2.45) is 5.92 Å². The second kappa shape index (κ2) is 8.35. The van der Waals surface area contributed by atoms with E-state index in [1.807, 2.05) is 0 Å². The number of amides is 2. The normalized spacial score (nSPS) is 16.3. The Labute approximate surface area is 165 Å². The second-order valence-electron chi connectivity index (χ2n) is 6.53. The predicted octanol–water partition coefficient (Wildman–Crippen LogP) is 3.42. The number of halogens is 2. The van der Waals surface area contributed by atoms with E-state index in [0.29, 0.717) is 13.0 Å². The highest BCUT2D eigenvalue weighted by atomic mass is 35.5. The van der Waals surface area contributed by atoms with E-state index in [1.54, 1.807) is 17.0 Å². The minimum atomic E-state index is -0.577. The third-order valence-corrected chi connectivity index (χ3v) is 4.90. The molecule has 1 aliphatic rings. The third kappa shape index (κ3) is 4.64. The number of nitro benzene ring substituents is 1. The average molecular weight is 406 g/mol. The largest absolute Gasteiger partial charge is 0.342 e. The highest BCUT2D eigenvalue weighted by Gasteiger charge is 2.34. The van der Waals surface area contributed by atoms with Gasteiger partial charge >= 0.3 is 0 Å². The fourth-order valence-electron chi connectivity index (χ4n) is 3.03. The maximum Gasteiger partial charge on any atom is 0.271 e. The maximum absolute atomic E-state index is 12.9. The van der Waals surface area contributed by atoms with Crippen LogP contribution in [-0.2, 0) is 16.0 Å². The number of nitro groups is 1. The predicted molar refractivity (Wildman–Crippen MR) is 102 cm³/mol. The molecule has 2 aromatic carbocycles. The molecule has 0 bridgehead atoms. The van der Waals surface area contributed by atoms with Crippen LogP contribution >= 0.6 is 11.6 Å².